The first-order valence-corrected chi connectivity index (χ1v) is 7.25. The maximum absolute atomic E-state index is 11.7. The summed E-state index contributed by atoms with van der Waals surface area (Å²) in [6, 6.07) is -1.01. The van der Waals surface area contributed by atoms with Crippen LogP contribution in [-0.4, -0.2) is 42.5 Å². The maximum Gasteiger partial charge on any atom is 0.326 e. The van der Waals surface area contributed by atoms with Crippen LogP contribution in [0.25, 0.3) is 0 Å². The van der Waals surface area contributed by atoms with Crippen LogP contribution in [-0.2, 0) is 18.7 Å². The van der Waals surface area contributed by atoms with Crippen molar-refractivity contribution in [1.29, 1.82) is 0 Å². The number of amides is 1. The van der Waals surface area contributed by atoms with E-state index in [4.69, 9.17) is 9.63 Å². The Morgan fingerprint density at radius 2 is 2.06 bits per heavy atom. The third kappa shape index (κ3) is 6.58. The quantitative estimate of drug-likeness (QED) is 0.656. The minimum atomic E-state index is -2.74. The van der Waals surface area contributed by atoms with Gasteiger partial charge in [0.25, 0.3) is 0 Å². The molecule has 6 nitrogen and oxygen atoms in total. The highest BCUT2D eigenvalue weighted by atomic mass is 31.2. The fourth-order valence-corrected chi connectivity index (χ4v) is 2.61. The zero-order valence-corrected chi connectivity index (χ0v) is 10.6. The average Bonchev–Trinajstić information content (AvgIpc) is 2.11. The van der Waals surface area contributed by atoms with E-state index in [1.807, 2.05) is 0 Å². The van der Waals surface area contributed by atoms with Gasteiger partial charge in [0.05, 0.1) is 6.61 Å². The zero-order chi connectivity index (χ0) is 12.8. The van der Waals surface area contributed by atoms with Gasteiger partial charge in [-0.2, -0.15) is 0 Å². The normalized spacial score (nSPS) is 16.2. The van der Waals surface area contributed by atoms with E-state index in [2.05, 4.69) is 5.32 Å². The molecule has 7 heteroatoms. The number of carbonyl (C=O) groups excluding carboxylic acids is 1. The molecular weight excluding hydrogens is 233 g/mol. The summed E-state index contributed by atoms with van der Waals surface area (Å²) < 4.78 is 16.7. The van der Waals surface area contributed by atoms with Crippen molar-refractivity contribution >= 4 is 19.2 Å². The van der Waals surface area contributed by atoms with E-state index < -0.39 is 25.3 Å². The Kier molecular flexibility index (Phi) is 6.29. The van der Waals surface area contributed by atoms with Crippen molar-refractivity contribution in [2.45, 2.75) is 26.3 Å². The van der Waals surface area contributed by atoms with Crippen LogP contribution in [0.5, 0.6) is 0 Å². The summed E-state index contributed by atoms with van der Waals surface area (Å²) in [5, 5.41) is 11.1. The second kappa shape index (κ2) is 6.66. The van der Waals surface area contributed by atoms with Gasteiger partial charge in [0.2, 0.25) is 5.91 Å². The number of carboxylic acid groups (broad SMARTS) is 1. The van der Waals surface area contributed by atoms with Crippen LogP contribution in [0.3, 0.4) is 0 Å². The summed E-state index contributed by atoms with van der Waals surface area (Å²) in [7, 11) is -2.74. The minimum Gasteiger partial charge on any atom is -0.480 e. The van der Waals surface area contributed by atoms with Crippen molar-refractivity contribution in [2.24, 2.45) is 0 Å². The Hall–Kier alpha value is -0.870. The van der Waals surface area contributed by atoms with Crippen LogP contribution < -0.4 is 5.32 Å². The predicted octanol–water partition coefficient (Wildman–Crippen LogP) is 0.910. The molecule has 0 fully saturated rings. The van der Waals surface area contributed by atoms with Crippen LogP contribution in [0.15, 0.2) is 0 Å². The molecule has 0 aromatic rings. The first kappa shape index (κ1) is 15.1. The highest BCUT2D eigenvalue weighted by molar-refractivity contribution is 7.58. The Labute approximate surface area is 94.8 Å². The van der Waals surface area contributed by atoms with E-state index in [9.17, 15) is 14.2 Å². The van der Waals surface area contributed by atoms with Gasteiger partial charge in [-0.3, -0.25) is 9.36 Å². The SMILES string of the molecule is CCOP(C)(=O)CC[C@H](NC(C)=O)C(=O)O. The van der Waals surface area contributed by atoms with E-state index in [1.54, 1.807) is 6.92 Å². The molecule has 0 heterocycles. The lowest BCUT2D eigenvalue weighted by Gasteiger charge is -2.16. The lowest BCUT2D eigenvalue weighted by molar-refractivity contribution is -0.141. The number of hydrogen-bond acceptors (Lipinski definition) is 4. The largest absolute Gasteiger partial charge is 0.480 e. The maximum atomic E-state index is 11.7. The lowest BCUT2D eigenvalue weighted by atomic mass is 10.2. The van der Waals surface area contributed by atoms with Crippen LogP contribution in [0.4, 0.5) is 0 Å². The van der Waals surface area contributed by atoms with Crippen LogP contribution in [0.2, 0.25) is 0 Å². The number of carbonyl (C=O) groups is 2. The van der Waals surface area contributed by atoms with E-state index in [1.165, 1.54) is 13.6 Å². The highest BCUT2D eigenvalue weighted by Gasteiger charge is 2.23. The number of hydrogen-bond donors (Lipinski definition) is 2. The second-order valence-corrected chi connectivity index (χ2v) is 6.27. The molecule has 0 aromatic carbocycles. The van der Waals surface area contributed by atoms with Gasteiger partial charge in [-0.15, -0.1) is 0 Å². The molecular formula is C9H18NO5P. The van der Waals surface area contributed by atoms with Gasteiger partial charge in [0, 0.05) is 19.8 Å². The number of aliphatic carboxylic acids is 1. The fraction of sp³-hybridized carbons (Fsp3) is 0.778. The van der Waals surface area contributed by atoms with E-state index in [-0.39, 0.29) is 12.6 Å². The second-order valence-electron chi connectivity index (χ2n) is 3.54. The molecule has 0 spiro atoms. The molecule has 0 saturated heterocycles. The summed E-state index contributed by atoms with van der Waals surface area (Å²) in [6.45, 7) is 4.75. The van der Waals surface area contributed by atoms with Gasteiger partial charge in [0.15, 0.2) is 7.37 Å². The molecule has 0 aliphatic heterocycles. The van der Waals surface area contributed by atoms with E-state index in [0.717, 1.165) is 0 Å². The first-order chi connectivity index (χ1) is 7.28. The number of rotatable bonds is 7. The Morgan fingerprint density at radius 1 is 1.50 bits per heavy atom. The molecule has 16 heavy (non-hydrogen) atoms. The molecule has 1 amide bonds. The van der Waals surface area contributed by atoms with Crippen LogP contribution >= 0.6 is 7.37 Å². The van der Waals surface area contributed by atoms with Crippen molar-refractivity contribution in [3.8, 4) is 0 Å². The zero-order valence-electron chi connectivity index (χ0n) is 9.73. The van der Waals surface area contributed by atoms with E-state index in [0.29, 0.717) is 6.61 Å². The van der Waals surface area contributed by atoms with Gasteiger partial charge in [-0.1, -0.05) is 0 Å². The molecule has 0 saturated carbocycles. The Bertz CT molecular complexity index is 304. The summed E-state index contributed by atoms with van der Waals surface area (Å²) in [5.41, 5.74) is 0. The Balaban J connectivity index is 4.27. The van der Waals surface area contributed by atoms with Crippen molar-refractivity contribution in [3.63, 3.8) is 0 Å². The molecule has 0 radical (unpaired) electrons. The average molecular weight is 251 g/mol. The minimum absolute atomic E-state index is 0.0999. The molecule has 0 aliphatic rings. The molecule has 0 aromatic heterocycles. The van der Waals surface area contributed by atoms with Gasteiger partial charge in [-0.25, -0.2) is 4.79 Å². The highest BCUT2D eigenvalue weighted by Crippen LogP contribution is 2.43. The number of carboxylic acids is 1. The third-order valence-corrected chi connectivity index (χ3v) is 3.78. The Morgan fingerprint density at radius 3 is 2.44 bits per heavy atom. The first-order valence-electron chi connectivity index (χ1n) is 4.99. The molecule has 2 atom stereocenters. The van der Waals surface area contributed by atoms with Gasteiger partial charge < -0.3 is 14.9 Å². The molecule has 94 valence electrons. The lowest BCUT2D eigenvalue weighted by Crippen LogP contribution is -2.40. The predicted molar refractivity (Wildman–Crippen MR) is 59.9 cm³/mol. The number of nitrogens with one attached hydrogen (secondary N) is 1. The molecule has 1 unspecified atom stereocenters. The summed E-state index contributed by atoms with van der Waals surface area (Å²) in [4.78, 5) is 21.5. The summed E-state index contributed by atoms with van der Waals surface area (Å²) in [6.07, 6.45) is 0.237. The topological polar surface area (TPSA) is 92.7 Å². The van der Waals surface area contributed by atoms with Crippen molar-refractivity contribution in [2.75, 3.05) is 19.4 Å². The molecule has 0 rings (SSSR count). The van der Waals surface area contributed by atoms with Crippen molar-refractivity contribution in [3.05, 3.63) is 0 Å². The monoisotopic (exact) mass is 251 g/mol. The van der Waals surface area contributed by atoms with Crippen molar-refractivity contribution in [1.82, 2.24) is 5.32 Å². The fourth-order valence-electron chi connectivity index (χ4n) is 1.20. The van der Waals surface area contributed by atoms with Gasteiger partial charge in [-0.05, 0) is 13.3 Å². The van der Waals surface area contributed by atoms with E-state index >= 15 is 0 Å². The van der Waals surface area contributed by atoms with Crippen LogP contribution in [0, 0.1) is 0 Å². The molecule has 2 N–H and O–H groups in total. The van der Waals surface area contributed by atoms with Crippen molar-refractivity contribution < 1.29 is 23.8 Å². The molecule has 0 bridgehead atoms. The molecule has 0 aliphatic carbocycles. The summed E-state index contributed by atoms with van der Waals surface area (Å²) >= 11 is 0. The third-order valence-electron chi connectivity index (χ3n) is 1.90. The van der Waals surface area contributed by atoms with Crippen LogP contribution in [0.1, 0.15) is 20.3 Å². The standard InChI is InChI=1S/C9H18NO5P/c1-4-15-16(3,14)6-5-8(9(12)13)10-7(2)11/h8H,4-6H2,1-3H3,(H,10,11)(H,12,13)/t8-,16?/m0/s1. The van der Waals surface area contributed by atoms with Gasteiger partial charge in [0.1, 0.15) is 6.04 Å². The summed E-state index contributed by atoms with van der Waals surface area (Å²) in [5.74, 6) is -1.55. The van der Waals surface area contributed by atoms with Gasteiger partial charge >= 0.3 is 5.97 Å². The smallest absolute Gasteiger partial charge is 0.326 e.